The second-order valence-corrected chi connectivity index (χ2v) is 6.37. The first kappa shape index (κ1) is 21.8. The average molecular weight is 431 g/mol. The molecule has 0 aliphatic rings. The summed E-state index contributed by atoms with van der Waals surface area (Å²) in [6.45, 7) is 0. The molecule has 10 nitrogen and oxygen atoms in total. The summed E-state index contributed by atoms with van der Waals surface area (Å²) in [7, 11) is 0. The first-order valence-corrected chi connectivity index (χ1v) is 9.28. The van der Waals surface area contributed by atoms with Crippen molar-refractivity contribution in [3.05, 3.63) is 100 Å². The lowest BCUT2D eigenvalue weighted by Crippen LogP contribution is -2.33. The zero-order valence-corrected chi connectivity index (χ0v) is 16.5. The van der Waals surface area contributed by atoms with E-state index in [4.69, 9.17) is 0 Å². The van der Waals surface area contributed by atoms with Crippen molar-refractivity contribution in [3.8, 4) is 0 Å². The molecule has 0 unspecified atom stereocenters. The number of hydrogen-bond donors (Lipinski definition) is 3. The molecule has 0 aromatic heterocycles. The molecule has 10 heteroatoms. The number of anilines is 2. The predicted molar refractivity (Wildman–Crippen MR) is 118 cm³/mol. The lowest BCUT2D eigenvalue weighted by molar-refractivity contribution is -0.384. The van der Waals surface area contributed by atoms with Crippen LogP contribution >= 0.6 is 0 Å². The quantitative estimate of drug-likeness (QED) is 0.238. The topological polar surface area (TPSA) is 143 Å². The van der Waals surface area contributed by atoms with Gasteiger partial charge >= 0.3 is 11.8 Å². The van der Waals surface area contributed by atoms with Gasteiger partial charge in [0.2, 0.25) is 0 Å². The lowest BCUT2D eigenvalue weighted by Gasteiger charge is -2.11. The second-order valence-electron chi connectivity index (χ2n) is 6.37. The van der Waals surface area contributed by atoms with Gasteiger partial charge < -0.3 is 10.6 Å². The number of nitro groups is 1. The maximum atomic E-state index is 12.6. The molecule has 3 aromatic carbocycles. The molecule has 3 N–H and O–H groups in total. The normalized spacial score (nSPS) is 10.4. The minimum absolute atomic E-state index is 0.136. The van der Waals surface area contributed by atoms with Gasteiger partial charge in [-0.15, -0.1) is 0 Å². The molecule has 0 spiro atoms. The fourth-order valence-electron chi connectivity index (χ4n) is 2.62. The minimum Gasteiger partial charge on any atom is -0.322 e. The number of carbonyl (C=O) groups excluding carboxylic acids is 3. The van der Waals surface area contributed by atoms with E-state index in [0.29, 0.717) is 11.3 Å². The number of nitro benzene ring substituents is 1. The minimum atomic E-state index is -1.08. The van der Waals surface area contributed by atoms with Crippen LogP contribution < -0.4 is 16.1 Å². The third-order valence-corrected chi connectivity index (χ3v) is 4.12. The number of para-hydroxylation sites is 2. The van der Waals surface area contributed by atoms with E-state index >= 15 is 0 Å². The zero-order valence-electron chi connectivity index (χ0n) is 16.5. The van der Waals surface area contributed by atoms with Crippen molar-refractivity contribution in [1.29, 1.82) is 0 Å². The van der Waals surface area contributed by atoms with Crippen molar-refractivity contribution in [2.75, 3.05) is 10.6 Å². The van der Waals surface area contributed by atoms with Gasteiger partial charge in [0.25, 0.3) is 11.6 Å². The summed E-state index contributed by atoms with van der Waals surface area (Å²) >= 11 is 0. The van der Waals surface area contributed by atoms with Crippen LogP contribution in [0.2, 0.25) is 0 Å². The van der Waals surface area contributed by atoms with E-state index in [0.717, 1.165) is 0 Å². The van der Waals surface area contributed by atoms with Gasteiger partial charge in [-0.05, 0) is 24.3 Å². The second kappa shape index (κ2) is 10.3. The number of nitrogens with one attached hydrogen (secondary N) is 3. The molecule has 32 heavy (non-hydrogen) atoms. The summed E-state index contributed by atoms with van der Waals surface area (Å²) in [5.74, 6) is -2.58. The van der Waals surface area contributed by atoms with E-state index in [1.54, 1.807) is 42.5 Å². The molecule has 0 bridgehead atoms. The van der Waals surface area contributed by atoms with E-state index < -0.39 is 22.6 Å². The summed E-state index contributed by atoms with van der Waals surface area (Å²) in [5, 5.41) is 19.5. The van der Waals surface area contributed by atoms with Crippen LogP contribution in [0.5, 0.6) is 0 Å². The first-order chi connectivity index (χ1) is 15.4. The predicted octanol–water partition coefficient (Wildman–Crippen LogP) is 2.94. The van der Waals surface area contributed by atoms with E-state index in [1.807, 2.05) is 11.5 Å². The van der Waals surface area contributed by atoms with Crippen LogP contribution in [-0.4, -0.2) is 28.9 Å². The molecule has 0 atom stereocenters. The van der Waals surface area contributed by atoms with E-state index in [-0.39, 0.29) is 16.9 Å². The van der Waals surface area contributed by atoms with Crippen LogP contribution in [0, 0.1) is 10.1 Å². The summed E-state index contributed by atoms with van der Waals surface area (Å²) in [5.41, 5.74) is 3.15. The van der Waals surface area contributed by atoms with Gasteiger partial charge in [0, 0.05) is 23.4 Å². The average Bonchev–Trinajstić information content (AvgIpc) is 2.80. The van der Waals surface area contributed by atoms with Crippen LogP contribution in [0.15, 0.2) is 84.0 Å². The number of benzene rings is 3. The summed E-state index contributed by atoms with van der Waals surface area (Å²) < 4.78 is 0. The highest BCUT2D eigenvalue weighted by molar-refractivity contribution is 6.40. The number of rotatable bonds is 6. The Morgan fingerprint density at radius 2 is 1.56 bits per heavy atom. The Kier molecular flexibility index (Phi) is 7.00. The Morgan fingerprint density at radius 3 is 2.31 bits per heavy atom. The van der Waals surface area contributed by atoms with Crippen LogP contribution in [-0.2, 0) is 9.59 Å². The van der Waals surface area contributed by atoms with Crippen molar-refractivity contribution < 1.29 is 19.3 Å². The fourth-order valence-corrected chi connectivity index (χ4v) is 2.62. The highest BCUT2D eigenvalue weighted by Gasteiger charge is 2.17. The monoisotopic (exact) mass is 431 g/mol. The largest absolute Gasteiger partial charge is 0.329 e. The van der Waals surface area contributed by atoms with Gasteiger partial charge in [-0.1, -0.05) is 42.5 Å². The third-order valence-electron chi connectivity index (χ3n) is 4.12. The molecule has 0 heterocycles. The molecule has 0 fully saturated rings. The molecule has 0 aliphatic heterocycles. The van der Waals surface area contributed by atoms with Crippen LogP contribution in [0.25, 0.3) is 0 Å². The van der Waals surface area contributed by atoms with Crippen LogP contribution in [0.4, 0.5) is 17.1 Å². The molecule has 0 radical (unpaired) electrons. The molecule has 3 rings (SSSR count). The fraction of sp³-hybridized carbons (Fsp3) is 0. The molecule has 3 amide bonds. The third kappa shape index (κ3) is 5.83. The number of amides is 3. The van der Waals surface area contributed by atoms with Crippen molar-refractivity contribution >= 4 is 41.0 Å². The Balaban J connectivity index is 1.63. The van der Waals surface area contributed by atoms with E-state index in [9.17, 15) is 24.5 Å². The van der Waals surface area contributed by atoms with Crippen molar-refractivity contribution in [2.24, 2.45) is 5.10 Å². The van der Waals surface area contributed by atoms with Crippen molar-refractivity contribution in [3.63, 3.8) is 0 Å². The maximum absolute atomic E-state index is 12.6. The number of carbonyl (C=O) groups is 3. The molecule has 0 saturated heterocycles. The Labute approximate surface area is 182 Å². The molecular formula is C22H17N5O5. The smallest absolute Gasteiger partial charge is 0.322 e. The lowest BCUT2D eigenvalue weighted by atomic mass is 10.1. The number of hydrazone groups is 1. The van der Waals surface area contributed by atoms with Gasteiger partial charge in [-0.25, -0.2) is 5.43 Å². The van der Waals surface area contributed by atoms with Crippen LogP contribution in [0.3, 0.4) is 0 Å². The van der Waals surface area contributed by atoms with Crippen molar-refractivity contribution in [2.45, 2.75) is 0 Å². The summed E-state index contributed by atoms with van der Waals surface area (Å²) in [6, 6.07) is 20.6. The standard InChI is InChI=1S/C22H17N5O5/c28-20(24-16-8-2-1-3-9-16)18-11-4-5-12-19(18)25-21(29)22(30)26-23-14-15-7-6-10-17(13-15)27(31)32/h1-14H,(H,24,28)(H,25,29)(H,26,30)/b23-14+. The number of nitrogens with zero attached hydrogens (tertiary/aromatic N) is 2. The Hall–Kier alpha value is -4.86. The number of hydrogen-bond acceptors (Lipinski definition) is 6. The molecule has 0 saturated carbocycles. The van der Waals surface area contributed by atoms with Crippen molar-refractivity contribution in [1.82, 2.24) is 5.43 Å². The molecule has 3 aromatic rings. The highest BCUT2D eigenvalue weighted by atomic mass is 16.6. The molecule has 160 valence electrons. The number of non-ortho nitro benzene ring substituents is 1. The van der Waals surface area contributed by atoms with Gasteiger partial charge in [0.05, 0.1) is 22.4 Å². The van der Waals surface area contributed by atoms with E-state index in [2.05, 4.69) is 15.7 Å². The van der Waals surface area contributed by atoms with Gasteiger partial charge in [-0.2, -0.15) is 5.10 Å². The summed E-state index contributed by atoms with van der Waals surface area (Å²) in [6.07, 6.45) is 1.17. The molecular weight excluding hydrogens is 414 g/mol. The zero-order chi connectivity index (χ0) is 22.9. The Morgan fingerprint density at radius 1 is 0.844 bits per heavy atom. The van der Waals surface area contributed by atoms with Gasteiger partial charge in [0.15, 0.2) is 0 Å². The van der Waals surface area contributed by atoms with Gasteiger partial charge in [0.1, 0.15) is 0 Å². The highest BCUT2D eigenvalue weighted by Crippen LogP contribution is 2.17. The SMILES string of the molecule is O=C(N/N=C/c1cccc([N+](=O)[O-])c1)C(=O)Nc1ccccc1C(=O)Nc1ccccc1. The van der Waals surface area contributed by atoms with Crippen LogP contribution in [0.1, 0.15) is 15.9 Å². The summed E-state index contributed by atoms with van der Waals surface area (Å²) in [4.78, 5) is 47.0. The Bertz CT molecular complexity index is 1190. The van der Waals surface area contributed by atoms with Gasteiger partial charge in [-0.3, -0.25) is 24.5 Å². The maximum Gasteiger partial charge on any atom is 0.329 e. The van der Waals surface area contributed by atoms with E-state index in [1.165, 1.54) is 36.5 Å². The first-order valence-electron chi connectivity index (χ1n) is 9.28. The molecule has 0 aliphatic carbocycles.